The highest BCUT2D eigenvalue weighted by Gasteiger charge is 2.54. The molecule has 0 bridgehead atoms. The molecule has 164 valence electrons. The zero-order valence-corrected chi connectivity index (χ0v) is 18.4. The lowest BCUT2D eigenvalue weighted by Gasteiger charge is -2.49. The second-order valence-electron chi connectivity index (χ2n) is 6.62. The lowest BCUT2D eigenvalue weighted by Crippen LogP contribution is -2.71. The smallest absolute Gasteiger partial charge is 0.352 e. The second kappa shape index (κ2) is 8.45. The summed E-state index contributed by atoms with van der Waals surface area (Å²) in [6.45, 7) is 0. The molecule has 0 radical (unpaired) electrons. The molecule has 4 rings (SSSR count). The summed E-state index contributed by atoms with van der Waals surface area (Å²) in [6.07, 6.45) is 0. The molecule has 1 saturated heterocycles. The maximum atomic E-state index is 12.7. The zero-order valence-electron chi connectivity index (χ0n) is 16.0. The molecule has 4 heterocycles. The van der Waals surface area contributed by atoms with Crippen LogP contribution >= 0.6 is 34.9 Å². The topological polar surface area (TPSA) is 195 Å². The molecule has 6 N–H and O–H groups in total. The number of rotatable bonds is 7. The summed E-state index contributed by atoms with van der Waals surface area (Å²) in [5.74, 6) is -1.59. The summed E-state index contributed by atoms with van der Waals surface area (Å²) in [5.41, 5.74) is 12.3. The van der Waals surface area contributed by atoms with E-state index in [-0.39, 0.29) is 10.8 Å². The van der Waals surface area contributed by atoms with Crippen molar-refractivity contribution < 1.29 is 19.5 Å². The number of β-lactam (4-membered cyclic amide) rings is 1. The number of carbonyl (C=O) groups excluding carboxylic acids is 2. The number of tetrazole rings is 1. The number of nitrogens with one attached hydrogen (secondary N) is 1. The number of hydrogen-bond donors (Lipinski definition) is 4. The molecule has 0 aromatic carbocycles. The first-order valence-electron chi connectivity index (χ1n) is 8.80. The molecule has 2 amide bonds. The van der Waals surface area contributed by atoms with Crippen LogP contribution in [0.15, 0.2) is 21.8 Å². The molecule has 0 aliphatic carbocycles. The van der Waals surface area contributed by atoms with Crippen molar-refractivity contribution in [2.24, 2.45) is 12.8 Å². The monoisotopic (exact) mass is 483 g/mol. The maximum Gasteiger partial charge on any atom is 0.352 e. The van der Waals surface area contributed by atoms with E-state index in [0.717, 1.165) is 11.3 Å². The Balaban J connectivity index is 1.46. The van der Waals surface area contributed by atoms with Crippen LogP contribution in [0.1, 0.15) is 11.7 Å². The fraction of sp³-hybridized carbons (Fsp3) is 0.400. The van der Waals surface area contributed by atoms with Crippen molar-refractivity contribution in [2.75, 3.05) is 17.2 Å². The van der Waals surface area contributed by atoms with Crippen molar-refractivity contribution in [3.05, 3.63) is 22.3 Å². The van der Waals surface area contributed by atoms with E-state index in [2.05, 4.69) is 25.8 Å². The minimum absolute atomic E-state index is 0.0709. The van der Waals surface area contributed by atoms with E-state index in [9.17, 15) is 19.5 Å². The molecule has 2 aliphatic rings. The Labute approximate surface area is 187 Å². The number of aromatic nitrogens is 5. The Morgan fingerprint density at radius 2 is 2.26 bits per heavy atom. The normalized spacial score (nSPS) is 21.5. The van der Waals surface area contributed by atoms with Gasteiger partial charge < -0.3 is 21.9 Å². The fourth-order valence-corrected chi connectivity index (χ4v) is 6.04. The van der Waals surface area contributed by atoms with Gasteiger partial charge >= 0.3 is 5.97 Å². The number of amides is 2. The number of hydrogen-bond acceptors (Lipinski definition) is 12. The van der Waals surface area contributed by atoms with Crippen molar-refractivity contribution in [3.63, 3.8) is 0 Å². The van der Waals surface area contributed by atoms with Crippen molar-refractivity contribution in [1.29, 1.82) is 0 Å². The molecule has 2 aliphatic heterocycles. The first kappa shape index (κ1) is 21.5. The van der Waals surface area contributed by atoms with E-state index < -0.39 is 35.2 Å². The maximum absolute atomic E-state index is 12.7. The average Bonchev–Trinajstić information content (AvgIpc) is 3.36. The molecule has 2 unspecified atom stereocenters. The number of carboxylic acid groups (broad SMARTS) is 1. The second-order valence-corrected chi connectivity index (χ2v) is 9.55. The number of anilines is 1. The molecule has 0 spiro atoms. The van der Waals surface area contributed by atoms with Gasteiger partial charge in [-0.15, -0.1) is 28.2 Å². The van der Waals surface area contributed by atoms with Gasteiger partial charge in [0.15, 0.2) is 5.13 Å². The summed E-state index contributed by atoms with van der Waals surface area (Å²) in [5, 5.41) is 25.3. The van der Waals surface area contributed by atoms with Gasteiger partial charge in [-0.2, -0.15) is 0 Å². The van der Waals surface area contributed by atoms with Crippen molar-refractivity contribution >= 4 is 57.8 Å². The van der Waals surface area contributed by atoms with Crippen LogP contribution in [0, 0.1) is 0 Å². The summed E-state index contributed by atoms with van der Waals surface area (Å²) in [7, 11) is 1.68. The van der Waals surface area contributed by atoms with E-state index >= 15 is 0 Å². The lowest BCUT2D eigenvalue weighted by molar-refractivity contribution is -0.150. The van der Waals surface area contributed by atoms with Crippen LogP contribution in [0.5, 0.6) is 0 Å². The molecule has 2 aromatic heterocycles. The average molecular weight is 484 g/mol. The number of nitrogens with zero attached hydrogens (tertiary/aromatic N) is 6. The van der Waals surface area contributed by atoms with Gasteiger partial charge in [-0.1, -0.05) is 11.8 Å². The number of fused-ring (bicyclic) bond motifs is 1. The van der Waals surface area contributed by atoms with Crippen LogP contribution in [0.3, 0.4) is 0 Å². The van der Waals surface area contributed by atoms with Crippen LogP contribution in [0.2, 0.25) is 0 Å². The van der Waals surface area contributed by atoms with Crippen molar-refractivity contribution in [3.8, 4) is 0 Å². The fourth-order valence-electron chi connectivity index (χ4n) is 3.11. The van der Waals surface area contributed by atoms with Gasteiger partial charge in [0.25, 0.3) is 5.91 Å². The summed E-state index contributed by atoms with van der Waals surface area (Å²) in [6, 6.07) is -1.95. The van der Waals surface area contributed by atoms with E-state index in [0.29, 0.717) is 27.9 Å². The molecule has 13 nitrogen and oxygen atoms in total. The highest BCUT2D eigenvalue weighted by molar-refractivity contribution is 8.01. The van der Waals surface area contributed by atoms with Crippen LogP contribution in [0.25, 0.3) is 0 Å². The first-order valence-corrected chi connectivity index (χ1v) is 11.7. The Bertz CT molecular complexity index is 1080. The minimum Gasteiger partial charge on any atom is -0.477 e. The molecule has 1 fully saturated rings. The van der Waals surface area contributed by atoms with E-state index in [1.807, 2.05) is 0 Å². The van der Waals surface area contributed by atoms with E-state index in [1.165, 1.54) is 33.1 Å². The number of carbonyl (C=O) groups is 3. The van der Waals surface area contributed by atoms with Crippen molar-refractivity contribution in [2.45, 2.75) is 22.6 Å². The summed E-state index contributed by atoms with van der Waals surface area (Å²) >= 11 is 3.80. The summed E-state index contributed by atoms with van der Waals surface area (Å²) in [4.78, 5) is 42.3. The standard InChI is InChI=1S/C15H17N9O4S3/c1-23-15(20-21-22-23)31-3-5-2-29-12-8(11(26)24(12)9(5)13(27)28)19-10(25)7(16)6-4-30-14(17)18-6/h4,7-8,12H,2-3,16H2,1H3,(H2,17,18)(H,19,25)(H,27,28)/t7?,8-,12?/m1/s1. The largest absolute Gasteiger partial charge is 0.477 e. The van der Waals surface area contributed by atoms with Crippen LogP contribution in [-0.4, -0.2) is 75.9 Å². The molecular formula is C15H17N9O4S3. The summed E-state index contributed by atoms with van der Waals surface area (Å²) < 4.78 is 1.48. The van der Waals surface area contributed by atoms with Crippen LogP contribution in [-0.2, 0) is 21.4 Å². The molecule has 0 saturated carbocycles. The van der Waals surface area contributed by atoms with Gasteiger partial charge in [0, 0.05) is 23.9 Å². The number of aliphatic carboxylic acids is 1. The molecule has 31 heavy (non-hydrogen) atoms. The van der Waals surface area contributed by atoms with Gasteiger partial charge in [0.2, 0.25) is 11.1 Å². The minimum atomic E-state index is -1.20. The zero-order chi connectivity index (χ0) is 22.3. The Morgan fingerprint density at radius 3 is 2.87 bits per heavy atom. The Morgan fingerprint density at radius 1 is 1.48 bits per heavy atom. The van der Waals surface area contributed by atoms with Gasteiger partial charge in [0.05, 0.1) is 5.69 Å². The third-order valence-corrected chi connectivity index (χ3v) is 7.77. The predicted molar refractivity (Wildman–Crippen MR) is 113 cm³/mol. The van der Waals surface area contributed by atoms with Crippen LogP contribution < -0.4 is 16.8 Å². The third kappa shape index (κ3) is 3.98. The first-order chi connectivity index (χ1) is 14.8. The molecular weight excluding hydrogens is 466 g/mol. The lowest BCUT2D eigenvalue weighted by atomic mass is 10.0. The van der Waals surface area contributed by atoms with E-state index in [1.54, 1.807) is 12.4 Å². The predicted octanol–water partition coefficient (Wildman–Crippen LogP) is -1.22. The Hall–Kier alpha value is -2.69. The van der Waals surface area contributed by atoms with Gasteiger partial charge in [0.1, 0.15) is 23.2 Å². The SMILES string of the molecule is Cn1nnnc1SCC1=C(C(=O)O)N2C(=O)[C@@H](NC(=O)C(N)c3csc(N)n3)C2SC1. The highest BCUT2D eigenvalue weighted by Crippen LogP contribution is 2.41. The van der Waals surface area contributed by atoms with Gasteiger partial charge in [-0.3, -0.25) is 14.5 Å². The number of thioether (sulfide) groups is 2. The highest BCUT2D eigenvalue weighted by atomic mass is 32.2. The third-order valence-electron chi connectivity index (χ3n) is 4.65. The number of thiazole rings is 1. The number of carboxylic acids is 1. The Kier molecular flexibility index (Phi) is 5.87. The molecule has 3 atom stereocenters. The molecule has 16 heteroatoms. The number of aryl methyl sites for hydroxylation is 1. The van der Waals surface area contributed by atoms with Gasteiger partial charge in [-0.05, 0) is 16.0 Å². The van der Waals surface area contributed by atoms with E-state index in [4.69, 9.17) is 11.5 Å². The van der Waals surface area contributed by atoms with Crippen molar-refractivity contribution in [1.82, 2.24) is 35.4 Å². The van der Waals surface area contributed by atoms with Gasteiger partial charge in [-0.25, -0.2) is 14.5 Å². The quantitative estimate of drug-likeness (QED) is 0.271. The van der Waals surface area contributed by atoms with Crippen LogP contribution in [0.4, 0.5) is 5.13 Å². The number of nitrogen functional groups attached to an aromatic ring is 1. The number of nitrogens with two attached hydrogens (primary N) is 2. The molecule has 2 aromatic rings.